The van der Waals surface area contributed by atoms with Crippen molar-refractivity contribution in [1.82, 2.24) is 15.2 Å². The molecule has 1 amide bonds. The third kappa shape index (κ3) is 6.47. The summed E-state index contributed by atoms with van der Waals surface area (Å²) >= 11 is 17.9. The van der Waals surface area contributed by atoms with Crippen molar-refractivity contribution in [3.63, 3.8) is 0 Å². The fourth-order valence-electron chi connectivity index (χ4n) is 2.97. The van der Waals surface area contributed by atoms with Gasteiger partial charge in [0.25, 0.3) is 5.91 Å². The smallest absolute Gasteiger partial charge is 0.254 e. The van der Waals surface area contributed by atoms with Gasteiger partial charge in [-0.05, 0) is 29.8 Å². The molecule has 148 valence electrons. The zero-order valence-electron chi connectivity index (χ0n) is 15.2. The topological polar surface area (TPSA) is 47.9 Å². The Morgan fingerprint density at radius 1 is 0.964 bits per heavy atom. The lowest BCUT2D eigenvalue weighted by molar-refractivity contribution is -0.122. The van der Waals surface area contributed by atoms with Gasteiger partial charge >= 0.3 is 0 Å². The second-order valence-electron chi connectivity index (χ2n) is 6.64. The average molecular weight is 440 g/mol. The molecule has 8 heteroatoms. The molecule has 28 heavy (non-hydrogen) atoms. The lowest BCUT2D eigenvalue weighted by atomic mass is 10.2. The van der Waals surface area contributed by atoms with Crippen LogP contribution in [0, 0.1) is 0 Å². The van der Waals surface area contributed by atoms with Gasteiger partial charge in [-0.15, -0.1) is 0 Å². The number of piperazine rings is 1. The number of hydrazone groups is 1. The highest BCUT2D eigenvalue weighted by molar-refractivity contribution is 6.36. The van der Waals surface area contributed by atoms with E-state index in [-0.39, 0.29) is 5.91 Å². The first kappa shape index (κ1) is 21.1. The standard InChI is InChI=1S/C20H21Cl3N4O/c21-17-4-1-15(2-5-17)13-26-7-9-27(10-8-26)14-20(28)25-24-12-16-3-6-18(22)11-19(16)23/h1-6,11-12H,7-10,13-14H2,(H,25,28)/b24-12+. The highest BCUT2D eigenvalue weighted by Crippen LogP contribution is 2.19. The molecule has 1 heterocycles. The number of nitrogens with zero attached hydrogens (tertiary/aromatic N) is 3. The number of benzene rings is 2. The van der Waals surface area contributed by atoms with Crippen molar-refractivity contribution in [2.75, 3.05) is 32.7 Å². The molecule has 0 aromatic heterocycles. The van der Waals surface area contributed by atoms with E-state index in [1.54, 1.807) is 18.2 Å². The summed E-state index contributed by atoms with van der Waals surface area (Å²) in [4.78, 5) is 16.6. The lowest BCUT2D eigenvalue weighted by Crippen LogP contribution is -2.48. The molecule has 3 rings (SSSR count). The summed E-state index contributed by atoms with van der Waals surface area (Å²) in [6.45, 7) is 4.73. The molecule has 1 saturated heterocycles. The van der Waals surface area contributed by atoms with Gasteiger partial charge in [-0.25, -0.2) is 5.43 Å². The van der Waals surface area contributed by atoms with Gasteiger partial charge in [-0.3, -0.25) is 14.6 Å². The van der Waals surface area contributed by atoms with Gasteiger partial charge in [0.15, 0.2) is 0 Å². The van der Waals surface area contributed by atoms with E-state index in [2.05, 4.69) is 20.3 Å². The maximum Gasteiger partial charge on any atom is 0.254 e. The molecule has 1 aliphatic heterocycles. The first-order valence-electron chi connectivity index (χ1n) is 8.96. The van der Waals surface area contributed by atoms with Crippen LogP contribution in [0.1, 0.15) is 11.1 Å². The van der Waals surface area contributed by atoms with E-state index >= 15 is 0 Å². The van der Waals surface area contributed by atoms with Crippen LogP contribution in [0.5, 0.6) is 0 Å². The maximum absolute atomic E-state index is 12.1. The van der Waals surface area contributed by atoms with Crippen molar-refractivity contribution in [3.8, 4) is 0 Å². The number of hydrogen-bond acceptors (Lipinski definition) is 4. The Balaban J connectivity index is 1.39. The van der Waals surface area contributed by atoms with E-state index in [1.807, 2.05) is 24.3 Å². The molecule has 0 saturated carbocycles. The minimum atomic E-state index is -0.146. The lowest BCUT2D eigenvalue weighted by Gasteiger charge is -2.34. The van der Waals surface area contributed by atoms with E-state index in [1.165, 1.54) is 11.8 Å². The molecule has 1 fully saturated rings. The fraction of sp³-hybridized carbons (Fsp3) is 0.300. The summed E-state index contributed by atoms with van der Waals surface area (Å²) in [5.74, 6) is -0.146. The fourth-order valence-corrected chi connectivity index (χ4v) is 3.56. The van der Waals surface area contributed by atoms with Gasteiger partial charge in [0.2, 0.25) is 0 Å². The minimum Gasteiger partial charge on any atom is -0.297 e. The second kappa shape index (κ2) is 10.2. The Hall–Kier alpha value is -1.63. The van der Waals surface area contributed by atoms with Gasteiger partial charge in [-0.2, -0.15) is 5.10 Å². The first-order valence-corrected chi connectivity index (χ1v) is 10.1. The van der Waals surface area contributed by atoms with Gasteiger partial charge in [0.05, 0.1) is 17.8 Å². The van der Waals surface area contributed by atoms with E-state index in [9.17, 15) is 4.79 Å². The van der Waals surface area contributed by atoms with Crippen molar-refractivity contribution in [1.29, 1.82) is 0 Å². The molecule has 0 aliphatic carbocycles. The molecule has 2 aromatic rings. The molecule has 5 nitrogen and oxygen atoms in total. The van der Waals surface area contributed by atoms with Crippen LogP contribution in [0.25, 0.3) is 0 Å². The summed E-state index contributed by atoms with van der Waals surface area (Å²) < 4.78 is 0. The number of carbonyl (C=O) groups is 1. The Bertz CT molecular complexity index is 834. The maximum atomic E-state index is 12.1. The van der Waals surface area contributed by atoms with Crippen LogP contribution in [0.2, 0.25) is 15.1 Å². The zero-order valence-corrected chi connectivity index (χ0v) is 17.5. The molecule has 1 aliphatic rings. The second-order valence-corrected chi connectivity index (χ2v) is 7.92. The average Bonchev–Trinajstić information content (AvgIpc) is 2.67. The largest absolute Gasteiger partial charge is 0.297 e. The number of amides is 1. The van der Waals surface area contributed by atoms with Crippen LogP contribution < -0.4 is 5.43 Å². The molecule has 1 N–H and O–H groups in total. The third-order valence-corrected chi connectivity index (χ3v) is 5.32. The molecular weight excluding hydrogens is 419 g/mol. The number of halogens is 3. The quantitative estimate of drug-likeness (QED) is 0.548. The van der Waals surface area contributed by atoms with Crippen molar-refractivity contribution in [2.24, 2.45) is 5.10 Å². The van der Waals surface area contributed by atoms with Crippen molar-refractivity contribution in [2.45, 2.75) is 6.54 Å². The van der Waals surface area contributed by atoms with Crippen LogP contribution in [-0.2, 0) is 11.3 Å². The van der Waals surface area contributed by atoms with Crippen LogP contribution >= 0.6 is 34.8 Å². The minimum absolute atomic E-state index is 0.146. The van der Waals surface area contributed by atoms with Crippen molar-refractivity contribution < 1.29 is 4.79 Å². The van der Waals surface area contributed by atoms with Crippen LogP contribution in [0.3, 0.4) is 0 Å². The molecule has 2 aromatic carbocycles. The summed E-state index contributed by atoms with van der Waals surface area (Å²) in [6, 6.07) is 13.0. The number of hydrogen-bond donors (Lipinski definition) is 1. The van der Waals surface area contributed by atoms with Gasteiger partial charge in [-0.1, -0.05) is 53.0 Å². The zero-order chi connectivity index (χ0) is 19.9. The highest BCUT2D eigenvalue weighted by atomic mass is 35.5. The summed E-state index contributed by atoms with van der Waals surface area (Å²) in [7, 11) is 0. The summed E-state index contributed by atoms with van der Waals surface area (Å²) in [6.07, 6.45) is 1.51. The molecule has 0 atom stereocenters. The van der Waals surface area contributed by atoms with Crippen LogP contribution in [0.4, 0.5) is 0 Å². The van der Waals surface area contributed by atoms with E-state index < -0.39 is 0 Å². The van der Waals surface area contributed by atoms with Gasteiger partial charge < -0.3 is 0 Å². The van der Waals surface area contributed by atoms with Crippen molar-refractivity contribution in [3.05, 3.63) is 68.7 Å². The Labute approximate surface area is 179 Å². The molecular formula is C20H21Cl3N4O. The third-order valence-electron chi connectivity index (χ3n) is 4.51. The normalized spacial score (nSPS) is 15.8. The highest BCUT2D eigenvalue weighted by Gasteiger charge is 2.18. The predicted octanol–water partition coefficient (Wildman–Crippen LogP) is 3.91. The van der Waals surface area contributed by atoms with E-state index in [4.69, 9.17) is 34.8 Å². The SMILES string of the molecule is O=C(CN1CCN(Cc2ccc(Cl)cc2)CC1)N/N=C/c1ccc(Cl)cc1Cl. The number of rotatable bonds is 6. The molecule has 0 unspecified atom stereocenters. The van der Waals surface area contributed by atoms with Crippen LogP contribution in [0.15, 0.2) is 47.6 Å². The predicted molar refractivity (Wildman–Crippen MR) is 115 cm³/mol. The van der Waals surface area contributed by atoms with E-state index in [0.717, 1.165) is 37.7 Å². The summed E-state index contributed by atoms with van der Waals surface area (Å²) in [5, 5.41) is 5.77. The summed E-state index contributed by atoms with van der Waals surface area (Å²) in [5.41, 5.74) is 4.49. The van der Waals surface area contributed by atoms with E-state index in [0.29, 0.717) is 22.2 Å². The van der Waals surface area contributed by atoms with Crippen molar-refractivity contribution >= 4 is 46.9 Å². The molecule has 0 bridgehead atoms. The Kier molecular flexibility index (Phi) is 7.71. The number of carbonyl (C=O) groups excluding carboxylic acids is 1. The molecule has 0 radical (unpaired) electrons. The van der Waals surface area contributed by atoms with Gasteiger partial charge in [0.1, 0.15) is 0 Å². The Morgan fingerprint density at radius 2 is 1.61 bits per heavy atom. The molecule has 0 spiro atoms. The van der Waals surface area contributed by atoms with Gasteiger partial charge in [0, 0.05) is 48.3 Å². The Morgan fingerprint density at radius 3 is 2.29 bits per heavy atom. The van der Waals surface area contributed by atoms with Crippen LogP contribution in [-0.4, -0.2) is 54.6 Å². The monoisotopic (exact) mass is 438 g/mol. The first-order chi connectivity index (χ1) is 13.5. The number of nitrogens with one attached hydrogen (secondary N) is 1.